The van der Waals surface area contributed by atoms with Crippen molar-refractivity contribution in [3.05, 3.63) is 58.6 Å². The van der Waals surface area contributed by atoms with Crippen molar-refractivity contribution in [1.29, 1.82) is 0 Å². The summed E-state index contributed by atoms with van der Waals surface area (Å²) in [7, 11) is -0.733. The highest BCUT2D eigenvalue weighted by Gasteiger charge is 2.61. The highest BCUT2D eigenvalue weighted by atomic mass is 35.5. The summed E-state index contributed by atoms with van der Waals surface area (Å²) in [6.07, 6.45) is 0.0197. The van der Waals surface area contributed by atoms with Crippen LogP contribution in [0.25, 0.3) is 0 Å². The molecule has 9 heteroatoms. The Morgan fingerprint density at radius 1 is 1.14 bits per heavy atom. The molecule has 4 rings (SSSR count). The third-order valence-electron chi connectivity index (χ3n) is 5.77. The van der Waals surface area contributed by atoms with E-state index in [1.807, 2.05) is 0 Å². The fourth-order valence-corrected chi connectivity index (χ4v) is 7.23. The Balaban J connectivity index is 2.01. The van der Waals surface area contributed by atoms with Gasteiger partial charge in [-0.05, 0) is 49.2 Å². The largest absolute Gasteiger partial charge is 0.490 e. The first-order valence-electron chi connectivity index (χ1n) is 9.20. The predicted octanol–water partition coefficient (Wildman–Crippen LogP) is 4.06. The van der Waals surface area contributed by atoms with Gasteiger partial charge in [0, 0.05) is 27.8 Å². The van der Waals surface area contributed by atoms with Gasteiger partial charge in [0.25, 0.3) is 0 Å². The lowest BCUT2D eigenvalue weighted by Crippen LogP contribution is -2.57. The maximum atomic E-state index is 15.1. The standard InChI is InChI=1S/C20H18ClF2O4SSi/c21-12-1-3-13(4-2-12)28(24,25)20-8-9-26-17(7-10-29)14(20)11-27-19-16(23)6-5-15(22)18(19)20/h1-6,14,17H,7-11H2/t14-,17-,20-/m0/s1. The van der Waals surface area contributed by atoms with Crippen molar-refractivity contribution >= 4 is 31.7 Å². The summed E-state index contributed by atoms with van der Waals surface area (Å²) in [5, 5.41) is 0.381. The maximum Gasteiger partial charge on any atom is 0.189 e. The summed E-state index contributed by atoms with van der Waals surface area (Å²) in [6.45, 7) is 0.0205. The van der Waals surface area contributed by atoms with E-state index in [-0.39, 0.29) is 35.8 Å². The van der Waals surface area contributed by atoms with Crippen LogP contribution in [0.2, 0.25) is 11.1 Å². The van der Waals surface area contributed by atoms with Gasteiger partial charge in [0.1, 0.15) is 10.6 Å². The minimum atomic E-state index is -4.15. The van der Waals surface area contributed by atoms with E-state index in [4.69, 9.17) is 21.1 Å². The molecular formula is C20H18ClF2O4SSi. The van der Waals surface area contributed by atoms with Gasteiger partial charge < -0.3 is 9.47 Å². The number of halogens is 3. The third-order valence-corrected chi connectivity index (χ3v) is 8.88. The number of benzene rings is 2. The first-order chi connectivity index (χ1) is 13.8. The molecule has 2 aliphatic rings. The van der Waals surface area contributed by atoms with E-state index in [0.29, 0.717) is 17.5 Å². The van der Waals surface area contributed by atoms with Crippen LogP contribution in [0.1, 0.15) is 18.4 Å². The van der Waals surface area contributed by atoms with Crippen molar-refractivity contribution in [3.8, 4) is 5.75 Å². The Morgan fingerprint density at radius 2 is 1.83 bits per heavy atom. The fraction of sp³-hybridized carbons (Fsp3) is 0.400. The zero-order valence-electron chi connectivity index (χ0n) is 15.3. The van der Waals surface area contributed by atoms with Gasteiger partial charge in [-0.3, -0.25) is 0 Å². The van der Waals surface area contributed by atoms with Gasteiger partial charge in [0.15, 0.2) is 21.4 Å². The molecule has 4 nitrogen and oxygen atoms in total. The van der Waals surface area contributed by atoms with Crippen LogP contribution >= 0.6 is 11.6 Å². The molecule has 0 N–H and O–H groups in total. The monoisotopic (exact) mass is 455 g/mol. The Labute approximate surface area is 176 Å². The summed E-state index contributed by atoms with van der Waals surface area (Å²) in [5.74, 6) is -2.62. The highest BCUT2D eigenvalue weighted by molar-refractivity contribution is 7.92. The van der Waals surface area contributed by atoms with Crippen molar-refractivity contribution < 1.29 is 26.7 Å². The Kier molecular flexibility index (Phi) is 5.48. The normalized spacial score (nSPS) is 26.3. The van der Waals surface area contributed by atoms with Gasteiger partial charge in [0.2, 0.25) is 0 Å². The molecule has 29 heavy (non-hydrogen) atoms. The molecule has 1 saturated heterocycles. The molecule has 2 aliphatic heterocycles. The van der Waals surface area contributed by atoms with E-state index in [1.165, 1.54) is 24.3 Å². The summed E-state index contributed by atoms with van der Waals surface area (Å²) in [6, 6.07) is 8.19. The SMILES string of the molecule is O=S(=O)(c1ccc(Cl)cc1)[C@@]12CCO[C@@H](CC[Si])[C@@H]1COc1c(F)ccc(F)c12. The molecule has 3 atom stereocenters. The van der Waals surface area contributed by atoms with Gasteiger partial charge in [0.05, 0.1) is 23.2 Å². The molecule has 2 aromatic carbocycles. The number of ether oxygens (including phenoxy) is 2. The molecule has 0 amide bonds. The quantitative estimate of drug-likeness (QED) is 0.652. The Morgan fingerprint density at radius 3 is 2.52 bits per heavy atom. The van der Waals surface area contributed by atoms with Crippen LogP contribution in [0.15, 0.2) is 41.3 Å². The number of hydrogen-bond donors (Lipinski definition) is 0. The topological polar surface area (TPSA) is 52.6 Å². The lowest BCUT2D eigenvalue weighted by atomic mass is 9.75. The highest BCUT2D eigenvalue weighted by Crippen LogP contribution is 2.55. The molecule has 3 radical (unpaired) electrons. The average Bonchev–Trinajstić information content (AvgIpc) is 2.71. The zero-order valence-corrected chi connectivity index (χ0v) is 17.9. The third kappa shape index (κ3) is 3.12. The van der Waals surface area contributed by atoms with Crippen molar-refractivity contribution in [1.82, 2.24) is 0 Å². The van der Waals surface area contributed by atoms with Gasteiger partial charge in [-0.25, -0.2) is 17.2 Å². The van der Waals surface area contributed by atoms with Gasteiger partial charge in [-0.2, -0.15) is 0 Å². The van der Waals surface area contributed by atoms with Crippen molar-refractivity contribution in [2.24, 2.45) is 5.92 Å². The van der Waals surface area contributed by atoms with E-state index < -0.39 is 38.2 Å². The number of rotatable bonds is 4. The smallest absolute Gasteiger partial charge is 0.189 e. The summed E-state index contributed by atoms with van der Waals surface area (Å²) >= 11 is 5.92. The Bertz CT molecular complexity index is 1030. The minimum absolute atomic E-state index is 0.00225. The molecule has 0 aromatic heterocycles. The van der Waals surface area contributed by atoms with Crippen LogP contribution in [-0.2, 0) is 19.3 Å². The molecule has 0 saturated carbocycles. The molecule has 0 bridgehead atoms. The summed E-state index contributed by atoms with van der Waals surface area (Å²) in [4.78, 5) is 0.00225. The van der Waals surface area contributed by atoms with Gasteiger partial charge in [-0.1, -0.05) is 17.6 Å². The zero-order chi connectivity index (χ0) is 20.8. The molecule has 153 valence electrons. The number of hydrogen-bond acceptors (Lipinski definition) is 4. The van der Waals surface area contributed by atoms with Crippen molar-refractivity contribution in [2.45, 2.75) is 34.6 Å². The summed E-state index contributed by atoms with van der Waals surface area (Å²) < 4.78 is 67.3. The molecule has 2 heterocycles. The van der Waals surface area contributed by atoms with Crippen LogP contribution in [0.4, 0.5) is 8.78 Å². The molecule has 1 fully saturated rings. The first-order valence-corrected chi connectivity index (χ1v) is 11.8. The molecule has 0 spiro atoms. The second kappa shape index (κ2) is 7.65. The Hall–Kier alpha value is -1.48. The molecular weight excluding hydrogens is 438 g/mol. The maximum absolute atomic E-state index is 15.1. The average molecular weight is 456 g/mol. The number of sulfone groups is 1. The molecule has 2 aromatic rings. The lowest BCUT2D eigenvalue weighted by molar-refractivity contribution is -0.0735. The first kappa shape index (κ1) is 20.8. The van der Waals surface area contributed by atoms with E-state index in [0.717, 1.165) is 12.1 Å². The van der Waals surface area contributed by atoms with Crippen LogP contribution in [0.3, 0.4) is 0 Å². The van der Waals surface area contributed by atoms with Crippen LogP contribution in [0, 0.1) is 17.6 Å². The van der Waals surface area contributed by atoms with E-state index in [2.05, 4.69) is 10.2 Å². The molecule has 0 unspecified atom stereocenters. The minimum Gasteiger partial charge on any atom is -0.490 e. The molecule has 0 aliphatic carbocycles. The van der Waals surface area contributed by atoms with Crippen molar-refractivity contribution in [3.63, 3.8) is 0 Å². The van der Waals surface area contributed by atoms with Crippen LogP contribution in [0.5, 0.6) is 5.75 Å². The van der Waals surface area contributed by atoms with E-state index in [9.17, 15) is 12.8 Å². The van der Waals surface area contributed by atoms with Crippen LogP contribution in [-0.4, -0.2) is 38.0 Å². The second-order valence-corrected chi connectivity index (χ2v) is 10.3. The number of fused-ring (bicyclic) bond motifs is 3. The predicted molar refractivity (Wildman–Crippen MR) is 105 cm³/mol. The van der Waals surface area contributed by atoms with Gasteiger partial charge in [-0.15, -0.1) is 0 Å². The second-order valence-electron chi connectivity index (χ2n) is 7.20. The fourth-order valence-electron chi connectivity index (χ4n) is 4.48. The van der Waals surface area contributed by atoms with Crippen LogP contribution < -0.4 is 4.74 Å². The lowest BCUT2D eigenvalue weighted by Gasteiger charge is -2.50. The van der Waals surface area contributed by atoms with E-state index >= 15 is 4.39 Å². The van der Waals surface area contributed by atoms with Gasteiger partial charge >= 0.3 is 0 Å². The summed E-state index contributed by atoms with van der Waals surface area (Å²) in [5.41, 5.74) is -0.244. The van der Waals surface area contributed by atoms with E-state index in [1.54, 1.807) is 0 Å². The van der Waals surface area contributed by atoms with Crippen molar-refractivity contribution in [2.75, 3.05) is 13.2 Å².